The molecule has 20 heavy (non-hydrogen) atoms. The van der Waals surface area contributed by atoms with Gasteiger partial charge in [-0.3, -0.25) is 9.59 Å². The van der Waals surface area contributed by atoms with Crippen LogP contribution < -0.4 is 4.74 Å². The monoisotopic (exact) mass is 275 g/mol. The van der Waals surface area contributed by atoms with Gasteiger partial charge < -0.3 is 14.7 Å². The second-order valence-electron chi connectivity index (χ2n) is 5.48. The zero-order chi connectivity index (χ0) is 14.2. The summed E-state index contributed by atoms with van der Waals surface area (Å²) in [4.78, 5) is 25.1. The van der Waals surface area contributed by atoms with Crippen molar-refractivity contribution in [2.75, 3.05) is 13.1 Å². The minimum atomic E-state index is -0.825. The Morgan fingerprint density at radius 3 is 2.50 bits per heavy atom. The van der Waals surface area contributed by atoms with Crippen LogP contribution in [0.4, 0.5) is 0 Å². The number of para-hydroxylation sites is 1. The van der Waals surface area contributed by atoms with Gasteiger partial charge in [-0.25, -0.2) is 0 Å². The molecule has 1 atom stereocenters. The summed E-state index contributed by atoms with van der Waals surface area (Å²) in [5, 5.41) is 9.00. The molecule has 0 bridgehead atoms. The standard InChI is InChI=1S/C15H17NO4/c17-13(18)11-6-9-16(10-11)14(19)15(7-8-15)20-12-4-2-1-3-5-12/h1-5,11H,6-10H2,(H,17,18). The van der Waals surface area contributed by atoms with E-state index in [1.165, 1.54) is 0 Å². The number of aliphatic carboxylic acids is 1. The molecule has 5 nitrogen and oxygen atoms in total. The van der Waals surface area contributed by atoms with Gasteiger partial charge in [-0.2, -0.15) is 0 Å². The molecule has 1 N–H and O–H groups in total. The molecule has 1 aromatic carbocycles. The van der Waals surface area contributed by atoms with E-state index in [1.807, 2.05) is 30.3 Å². The Morgan fingerprint density at radius 2 is 1.95 bits per heavy atom. The van der Waals surface area contributed by atoms with Crippen molar-refractivity contribution in [2.24, 2.45) is 5.92 Å². The summed E-state index contributed by atoms with van der Waals surface area (Å²) in [6.07, 6.45) is 1.94. The van der Waals surface area contributed by atoms with E-state index in [-0.39, 0.29) is 5.91 Å². The van der Waals surface area contributed by atoms with Gasteiger partial charge in [0.15, 0.2) is 5.60 Å². The highest BCUT2D eigenvalue weighted by Crippen LogP contribution is 2.42. The van der Waals surface area contributed by atoms with Gasteiger partial charge in [-0.15, -0.1) is 0 Å². The van der Waals surface area contributed by atoms with Crippen LogP contribution in [-0.4, -0.2) is 40.6 Å². The largest absolute Gasteiger partial charge is 0.481 e. The second kappa shape index (κ2) is 4.81. The summed E-state index contributed by atoms with van der Waals surface area (Å²) in [5.74, 6) is -0.641. The molecular weight excluding hydrogens is 258 g/mol. The number of nitrogens with zero attached hydrogens (tertiary/aromatic N) is 1. The lowest BCUT2D eigenvalue weighted by Crippen LogP contribution is -2.43. The normalized spacial score (nSPS) is 23.4. The van der Waals surface area contributed by atoms with Crippen molar-refractivity contribution < 1.29 is 19.4 Å². The quantitative estimate of drug-likeness (QED) is 0.905. The number of rotatable bonds is 4. The smallest absolute Gasteiger partial charge is 0.308 e. The molecule has 1 aromatic rings. The number of hydrogen-bond donors (Lipinski definition) is 1. The number of amides is 1. The molecule has 1 aliphatic heterocycles. The number of carbonyl (C=O) groups is 2. The lowest BCUT2D eigenvalue weighted by molar-refractivity contribution is -0.142. The first-order valence-electron chi connectivity index (χ1n) is 6.87. The molecular formula is C15H17NO4. The third kappa shape index (κ3) is 2.35. The average molecular weight is 275 g/mol. The predicted octanol–water partition coefficient (Wildman–Crippen LogP) is 1.53. The van der Waals surface area contributed by atoms with Gasteiger partial charge in [-0.1, -0.05) is 18.2 Å². The van der Waals surface area contributed by atoms with Crippen molar-refractivity contribution in [2.45, 2.75) is 24.9 Å². The molecule has 1 saturated heterocycles. The van der Waals surface area contributed by atoms with E-state index in [0.29, 0.717) is 38.1 Å². The first-order chi connectivity index (χ1) is 9.61. The van der Waals surface area contributed by atoms with Crippen molar-refractivity contribution in [1.29, 1.82) is 0 Å². The van der Waals surface area contributed by atoms with E-state index in [9.17, 15) is 9.59 Å². The van der Waals surface area contributed by atoms with Gasteiger partial charge in [0, 0.05) is 25.9 Å². The molecule has 0 radical (unpaired) electrons. The number of likely N-dealkylation sites (tertiary alicyclic amines) is 1. The first-order valence-corrected chi connectivity index (χ1v) is 6.87. The van der Waals surface area contributed by atoms with Crippen molar-refractivity contribution in [1.82, 2.24) is 4.90 Å². The van der Waals surface area contributed by atoms with Crippen LogP contribution in [0.5, 0.6) is 5.75 Å². The summed E-state index contributed by atoms with van der Waals surface area (Å²) in [6, 6.07) is 9.29. The van der Waals surface area contributed by atoms with Gasteiger partial charge in [0.25, 0.3) is 5.91 Å². The molecule has 2 fully saturated rings. The summed E-state index contributed by atoms with van der Waals surface area (Å²) < 4.78 is 5.84. The molecule has 1 heterocycles. The van der Waals surface area contributed by atoms with Gasteiger partial charge in [0.05, 0.1) is 5.92 Å². The summed E-state index contributed by atoms with van der Waals surface area (Å²) in [7, 11) is 0. The van der Waals surface area contributed by atoms with Gasteiger partial charge >= 0.3 is 5.97 Å². The Balaban J connectivity index is 1.67. The third-order valence-corrected chi connectivity index (χ3v) is 3.98. The zero-order valence-corrected chi connectivity index (χ0v) is 11.1. The van der Waals surface area contributed by atoms with Crippen molar-refractivity contribution in [3.05, 3.63) is 30.3 Å². The minimum Gasteiger partial charge on any atom is -0.481 e. The Hall–Kier alpha value is -2.04. The summed E-state index contributed by atoms with van der Waals surface area (Å²) in [5.41, 5.74) is -0.755. The van der Waals surface area contributed by atoms with Crippen LogP contribution in [0.2, 0.25) is 0 Å². The second-order valence-corrected chi connectivity index (χ2v) is 5.48. The fourth-order valence-corrected chi connectivity index (χ4v) is 2.62. The molecule has 3 rings (SSSR count). The zero-order valence-electron chi connectivity index (χ0n) is 11.1. The number of carboxylic acid groups (broad SMARTS) is 1. The third-order valence-electron chi connectivity index (χ3n) is 3.98. The Labute approximate surface area is 117 Å². The lowest BCUT2D eigenvalue weighted by atomic mass is 10.1. The lowest BCUT2D eigenvalue weighted by Gasteiger charge is -2.24. The molecule has 5 heteroatoms. The number of ether oxygens (including phenoxy) is 1. The number of benzene rings is 1. The molecule has 1 saturated carbocycles. The van der Waals surface area contributed by atoms with E-state index in [0.717, 1.165) is 0 Å². The molecule has 106 valence electrons. The van der Waals surface area contributed by atoms with E-state index in [4.69, 9.17) is 9.84 Å². The highest BCUT2D eigenvalue weighted by molar-refractivity contribution is 5.89. The topological polar surface area (TPSA) is 66.8 Å². The van der Waals surface area contributed by atoms with Crippen LogP contribution in [0.15, 0.2) is 30.3 Å². The highest BCUT2D eigenvalue weighted by atomic mass is 16.5. The van der Waals surface area contributed by atoms with E-state index >= 15 is 0 Å². The molecule has 0 spiro atoms. The van der Waals surface area contributed by atoms with Gasteiger partial charge in [0.1, 0.15) is 5.75 Å². The van der Waals surface area contributed by atoms with Crippen molar-refractivity contribution in [3.8, 4) is 5.75 Å². The van der Waals surface area contributed by atoms with E-state index in [1.54, 1.807) is 4.90 Å². The van der Waals surface area contributed by atoms with Gasteiger partial charge in [-0.05, 0) is 18.6 Å². The van der Waals surface area contributed by atoms with Crippen LogP contribution in [0, 0.1) is 5.92 Å². The van der Waals surface area contributed by atoms with E-state index in [2.05, 4.69) is 0 Å². The number of hydrogen-bond acceptors (Lipinski definition) is 3. The predicted molar refractivity (Wildman–Crippen MR) is 71.4 cm³/mol. The highest BCUT2D eigenvalue weighted by Gasteiger charge is 2.55. The van der Waals surface area contributed by atoms with Crippen LogP contribution in [0.3, 0.4) is 0 Å². The molecule has 1 aliphatic carbocycles. The van der Waals surface area contributed by atoms with Crippen molar-refractivity contribution >= 4 is 11.9 Å². The molecule has 1 unspecified atom stereocenters. The fourth-order valence-electron chi connectivity index (χ4n) is 2.62. The summed E-state index contributed by atoms with van der Waals surface area (Å²) in [6.45, 7) is 0.809. The van der Waals surface area contributed by atoms with Crippen LogP contribution >= 0.6 is 0 Å². The SMILES string of the molecule is O=C(O)C1CCN(C(=O)C2(Oc3ccccc3)CC2)C1. The number of carbonyl (C=O) groups excluding carboxylic acids is 1. The molecule has 0 aromatic heterocycles. The Bertz CT molecular complexity index is 524. The maximum Gasteiger partial charge on any atom is 0.308 e. The fraction of sp³-hybridized carbons (Fsp3) is 0.467. The number of carboxylic acids is 1. The Kier molecular flexibility index (Phi) is 3.12. The summed E-state index contributed by atoms with van der Waals surface area (Å²) >= 11 is 0. The molecule has 1 amide bonds. The first kappa shape index (κ1) is 13.0. The van der Waals surface area contributed by atoms with Gasteiger partial charge in [0.2, 0.25) is 0 Å². The maximum absolute atomic E-state index is 12.5. The average Bonchev–Trinajstić information content (AvgIpc) is 3.05. The Morgan fingerprint density at radius 1 is 1.25 bits per heavy atom. The van der Waals surface area contributed by atoms with E-state index < -0.39 is 17.5 Å². The van der Waals surface area contributed by atoms with Crippen LogP contribution in [0.1, 0.15) is 19.3 Å². The minimum absolute atomic E-state index is 0.0647. The molecule has 2 aliphatic rings. The maximum atomic E-state index is 12.5. The van der Waals surface area contributed by atoms with Crippen molar-refractivity contribution in [3.63, 3.8) is 0 Å². The van der Waals surface area contributed by atoms with Crippen LogP contribution in [0.25, 0.3) is 0 Å². The van der Waals surface area contributed by atoms with Crippen LogP contribution in [-0.2, 0) is 9.59 Å².